The minimum absolute atomic E-state index is 0.0232. The van der Waals surface area contributed by atoms with Gasteiger partial charge in [-0.25, -0.2) is 0 Å². The van der Waals surface area contributed by atoms with Crippen LogP contribution in [-0.2, 0) is 4.79 Å². The minimum atomic E-state index is -0.638. The average Bonchev–Trinajstić information content (AvgIpc) is 2.32. The van der Waals surface area contributed by atoms with Crippen LogP contribution in [0.3, 0.4) is 0 Å². The molecule has 0 aromatic heterocycles. The van der Waals surface area contributed by atoms with Gasteiger partial charge in [-0.2, -0.15) is 0 Å². The number of nitrogens with two attached hydrogens (primary N) is 1. The number of thiocarbonyl (C=S) groups is 1. The van der Waals surface area contributed by atoms with Crippen molar-refractivity contribution >= 4 is 28.8 Å². The van der Waals surface area contributed by atoms with Crippen molar-refractivity contribution in [3.8, 4) is 0 Å². The maximum atomic E-state index is 12.8. The molecule has 1 saturated carbocycles. The van der Waals surface area contributed by atoms with Gasteiger partial charge in [0, 0.05) is 12.7 Å². The van der Waals surface area contributed by atoms with Gasteiger partial charge in [0.05, 0.1) is 10.4 Å². The molecule has 3 nitrogen and oxygen atoms in total. The van der Waals surface area contributed by atoms with Crippen LogP contribution >= 0.6 is 12.2 Å². The zero-order valence-corrected chi connectivity index (χ0v) is 13.4. The van der Waals surface area contributed by atoms with Crippen LogP contribution in [0, 0.1) is 25.2 Å². The molecule has 1 aromatic carbocycles. The Hall–Kier alpha value is -1.42. The van der Waals surface area contributed by atoms with Crippen LogP contribution in [0.4, 0.5) is 5.69 Å². The van der Waals surface area contributed by atoms with Crippen molar-refractivity contribution in [3.63, 3.8) is 0 Å². The van der Waals surface area contributed by atoms with Gasteiger partial charge in [0.1, 0.15) is 0 Å². The van der Waals surface area contributed by atoms with Crippen molar-refractivity contribution in [2.45, 2.75) is 33.6 Å². The predicted molar refractivity (Wildman–Crippen MR) is 86.9 cm³/mol. The number of rotatable bonds is 3. The van der Waals surface area contributed by atoms with E-state index in [-0.39, 0.29) is 5.91 Å². The summed E-state index contributed by atoms with van der Waals surface area (Å²) < 4.78 is 0. The molecule has 0 saturated heterocycles. The van der Waals surface area contributed by atoms with Crippen molar-refractivity contribution in [1.29, 1.82) is 0 Å². The fourth-order valence-electron chi connectivity index (χ4n) is 3.22. The smallest absolute Gasteiger partial charge is 0.239 e. The summed E-state index contributed by atoms with van der Waals surface area (Å²) in [6.07, 6.45) is 1.52. The number of anilines is 1. The van der Waals surface area contributed by atoms with Gasteiger partial charge in [-0.3, -0.25) is 4.79 Å². The summed E-state index contributed by atoms with van der Waals surface area (Å²) >= 11 is 5.16. The molecule has 20 heavy (non-hydrogen) atoms. The van der Waals surface area contributed by atoms with Crippen molar-refractivity contribution in [2.75, 3.05) is 11.9 Å². The van der Waals surface area contributed by atoms with E-state index >= 15 is 0 Å². The summed E-state index contributed by atoms with van der Waals surface area (Å²) in [5, 5.41) is 0. The van der Waals surface area contributed by atoms with E-state index in [4.69, 9.17) is 18.0 Å². The Bertz CT molecular complexity index is 562. The van der Waals surface area contributed by atoms with Gasteiger partial charge in [-0.1, -0.05) is 36.8 Å². The van der Waals surface area contributed by atoms with Crippen LogP contribution in [0.15, 0.2) is 18.2 Å². The fraction of sp³-hybridized carbons (Fsp3) is 0.500. The highest BCUT2D eigenvalue weighted by Gasteiger charge is 2.52. The lowest BCUT2D eigenvalue weighted by molar-refractivity contribution is -0.129. The summed E-state index contributed by atoms with van der Waals surface area (Å²) in [5.41, 5.74) is 8.42. The van der Waals surface area contributed by atoms with E-state index in [1.165, 1.54) is 5.56 Å². The lowest BCUT2D eigenvalue weighted by atomic mass is 9.61. The lowest BCUT2D eigenvalue weighted by Crippen LogP contribution is -2.56. The van der Waals surface area contributed by atoms with Gasteiger partial charge in [0.15, 0.2) is 0 Å². The second-order valence-corrected chi connectivity index (χ2v) is 6.55. The Morgan fingerprint density at radius 1 is 1.40 bits per heavy atom. The van der Waals surface area contributed by atoms with Crippen molar-refractivity contribution in [1.82, 2.24) is 0 Å². The molecule has 0 atom stereocenters. The summed E-state index contributed by atoms with van der Waals surface area (Å²) in [6, 6.07) is 6.08. The third-order valence-electron chi connectivity index (χ3n) is 4.29. The van der Waals surface area contributed by atoms with Crippen LogP contribution in [0.5, 0.6) is 0 Å². The average molecular weight is 290 g/mol. The predicted octanol–water partition coefficient (Wildman–Crippen LogP) is 2.97. The van der Waals surface area contributed by atoms with E-state index in [2.05, 4.69) is 13.0 Å². The van der Waals surface area contributed by atoms with Gasteiger partial charge in [0.2, 0.25) is 5.91 Å². The minimum Gasteiger partial charge on any atom is -0.392 e. The number of carbonyl (C=O) groups is 1. The van der Waals surface area contributed by atoms with E-state index in [0.717, 1.165) is 24.1 Å². The van der Waals surface area contributed by atoms with Crippen LogP contribution in [0.1, 0.15) is 30.9 Å². The fourth-order valence-corrected chi connectivity index (χ4v) is 3.48. The number of hydrogen-bond acceptors (Lipinski definition) is 2. The Balaban J connectivity index is 2.30. The number of aryl methyl sites for hydroxylation is 2. The van der Waals surface area contributed by atoms with E-state index < -0.39 is 5.41 Å². The molecule has 1 aliphatic carbocycles. The molecule has 0 bridgehead atoms. The highest BCUT2D eigenvalue weighted by atomic mass is 32.1. The van der Waals surface area contributed by atoms with E-state index in [9.17, 15) is 4.79 Å². The molecule has 0 aliphatic heterocycles. The maximum absolute atomic E-state index is 12.8. The summed E-state index contributed by atoms with van der Waals surface area (Å²) in [7, 11) is 1.81. The molecule has 1 fully saturated rings. The molecular formula is C16H22N2OS. The summed E-state index contributed by atoms with van der Waals surface area (Å²) in [6.45, 7) is 6.19. The molecule has 2 rings (SSSR count). The molecule has 0 unspecified atom stereocenters. The Kier molecular flexibility index (Phi) is 3.87. The Labute approximate surface area is 126 Å². The van der Waals surface area contributed by atoms with Gasteiger partial charge >= 0.3 is 0 Å². The third kappa shape index (κ3) is 2.33. The van der Waals surface area contributed by atoms with Crippen LogP contribution < -0.4 is 10.6 Å². The number of carbonyl (C=O) groups excluding carboxylic acids is 1. The van der Waals surface area contributed by atoms with Crippen LogP contribution in [0.25, 0.3) is 0 Å². The second kappa shape index (κ2) is 5.17. The van der Waals surface area contributed by atoms with Gasteiger partial charge < -0.3 is 10.6 Å². The first-order chi connectivity index (χ1) is 9.28. The quantitative estimate of drug-likeness (QED) is 0.871. The van der Waals surface area contributed by atoms with Gasteiger partial charge in [-0.15, -0.1) is 0 Å². The third-order valence-corrected chi connectivity index (χ3v) is 4.68. The van der Waals surface area contributed by atoms with E-state index in [1.807, 2.05) is 33.0 Å². The number of nitrogens with zero attached hydrogens (tertiary/aromatic N) is 1. The highest BCUT2D eigenvalue weighted by molar-refractivity contribution is 7.80. The first-order valence-corrected chi connectivity index (χ1v) is 7.34. The molecular weight excluding hydrogens is 268 g/mol. The summed E-state index contributed by atoms with van der Waals surface area (Å²) in [5.74, 6) is 0.531. The zero-order chi connectivity index (χ0) is 15.1. The molecule has 1 aliphatic rings. The SMILES string of the molecule is Cc1ccc(N(C)C(=O)C2(C(N)=S)CC(C)C2)c(C)c1. The highest BCUT2D eigenvalue weighted by Crippen LogP contribution is 2.47. The van der Waals surface area contributed by atoms with Crippen LogP contribution in [-0.4, -0.2) is 17.9 Å². The first kappa shape index (κ1) is 15.0. The van der Waals surface area contributed by atoms with Gasteiger partial charge in [-0.05, 0) is 44.2 Å². The summed E-state index contributed by atoms with van der Waals surface area (Å²) in [4.78, 5) is 14.9. The van der Waals surface area contributed by atoms with Crippen molar-refractivity contribution < 1.29 is 4.79 Å². The normalized spacial score (nSPS) is 24.9. The zero-order valence-electron chi connectivity index (χ0n) is 12.6. The molecule has 108 valence electrons. The number of benzene rings is 1. The van der Waals surface area contributed by atoms with Crippen molar-refractivity contribution in [2.24, 2.45) is 17.1 Å². The second-order valence-electron chi connectivity index (χ2n) is 6.11. The maximum Gasteiger partial charge on any atom is 0.239 e. The molecule has 1 amide bonds. The molecule has 2 N–H and O–H groups in total. The topological polar surface area (TPSA) is 46.3 Å². The molecule has 0 spiro atoms. The van der Waals surface area contributed by atoms with E-state index in [1.54, 1.807) is 4.90 Å². The van der Waals surface area contributed by atoms with Crippen molar-refractivity contribution in [3.05, 3.63) is 29.3 Å². The van der Waals surface area contributed by atoms with Crippen LogP contribution in [0.2, 0.25) is 0 Å². The van der Waals surface area contributed by atoms with Gasteiger partial charge in [0.25, 0.3) is 0 Å². The molecule has 0 heterocycles. The Morgan fingerprint density at radius 3 is 2.45 bits per heavy atom. The number of hydrogen-bond donors (Lipinski definition) is 1. The Morgan fingerprint density at radius 2 is 2.00 bits per heavy atom. The lowest BCUT2D eigenvalue weighted by Gasteiger charge is -2.46. The molecule has 1 aromatic rings. The molecule has 0 radical (unpaired) electrons. The van der Waals surface area contributed by atoms with E-state index in [0.29, 0.717) is 10.9 Å². The standard InChI is InChI=1S/C16H22N2OS/c1-10-5-6-13(12(3)7-10)18(4)15(19)16(14(17)20)8-11(2)9-16/h5-7,11H,8-9H2,1-4H3,(H2,17,20). The first-order valence-electron chi connectivity index (χ1n) is 6.93. The monoisotopic (exact) mass is 290 g/mol. The molecule has 4 heteroatoms. The largest absolute Gasteiger partial charge is 0.392 e. The number of amides is 1.